The summed E-state index contributed by atoms with van der Waals surface area (Å²) in [6.07, 6.45) is 6.06. The zero-order valence-corrected chi connectivity index (χ0v) is 12.6. The molecule has 4 nitrogen and oxygen atoms in total. The van der Waals surface area contributed by atoms with Gasteiger partial charge in [0.2, 0.25) is 0 Å². The molecule has 0 atom stereocenters. The number of aromatic carboxylic acids is 1. The van der Waals surface area contributed by atoms with E-state index in [4.69, 9.17) is 4.98 Å². The van der Waals surface area contributed by atoms with Crippen molar-refractivity contribution in [2.24, 2.45) is 0 Å². The van der Waals surface area contributed by atoms with Crippen molar-refractivity contribution in [3.63, 3.8) is 0 Å². The Bertz CT molecular complexity index is 731. The van der Waals surface area contributed by atoms with E-state index in [1.54, 1.807) is 6.07 Å². The fraction of sp³-hybridized carbons (Fsp3) is 0.444. The summed E-state index contributed by atoms with van der Waals surface area (Å²) in [5.41, 5.74) is 2.49. The first kappa shape index (κ1) is 13.6. The van der Waals surface area contributed by atoms with Crippen LogP contribution in [0.3, 0.4) is 0 Å². The van der Waals surface area contributed by atoms with Crippen molar-refractivity contribution in [3.05, 3.63) is 35.4 Å². The van der Waals surface area contributed by atoms with E-state index in [-0.39, 0.29) is 0 Å². The van der Waals surface area contributed by atoms with E-state index >= 15 is 0 Å². The van der Waals surface area contributed by atoms with Gasteiger partial charge in [0.1, 0.15) is 5.82 Å². The van der Waals surface area contributed by atoms with Gasteiger partial charge < -0.3 is 10.0 Å². The Hall–Kier alpha value is -2.10. The molecule has 1 aromatic carbocycles. The van der Waals surface area contributed by atoms with E-state index in [1.807, 2.05) is 18.2 Å². The largest absolute Gasteiger partial charge is 0.478 e. The molecule has 2 aromatic rings. The van der Waals surface area contributed by atoms with Crippen LogP contribution in [0.4, 0.5) is 5.82 Å². The van der Waals surface area contributed by atoms with Crippen molar-refractivity contribution >= 4 is 22.7 Å². The van der Waals surface area contributed by atoms with Crippen LogP contribution in [0.1, 0.15) is 53.9 Å². The number of anilines is 1. The number of carboxylic acids is 1. The second kappa shape index (κ2) is 5.27. The van der Waals surface area contributed by atoms with Crippen molar-refractivity contribution in [3.8, 4) is 0 Å². The Balaban J connectivity index is 1.82. The Morgan fingerprint density at radius 1 is 1.14 bits per heavy atom. The Morgan fingerprint density at radius 3 is 2.59 bits per heavy atom. The van der Waals surface area contributed by atoms with Crippen molar-refractivity contribution in [1.82, 2.24) is 4.98 Å². The maximum absolute atomic E-state index is 11.3. The molecular formula is C18H20N2O2. The van der Waals surface area contributed by atoms with Crippen molar-refractivity contribution in [1.29, 1.82) is 0 Å². The average Bonchev–Trinajstić information content (AvgIpc) is 3.39. The molecule has 22 heavy (non-hydrogen) atoms. The van der Waals surface area contributed by atoms with Crippen LogP contribution in [0.25, 0.3) is 10.9 Å². The highest BCUT2D eigenvalue weighted by Gasteiger charge is 2.27. The number of fused-ring (bicyclic) bond motifs is 1. The van der Waals surface area contributed by atoms with Crippen LogP contribution >= 0.6 is 0 Å². The number of hydrogen-bond acceptors (Lipinski definition) is 3. The van der Waals surface area contributed by atoms with Crippen molar-refractivity contribution in [2.45, 2.75) is 38.0 Å². The van der Waals surface area contributed by atoms with Crippen LogP contribution in [-0.2, 0) is 0 Å². The molecule has 0 unspecified atom stereocenters. The number of carboxylic acid groups (broad SMARTS) is 1. The molecule has 2 fully saturated rings. The first-order valence-electron chi connectivity index (χ1n) is 8.15. The van der Waals surface area contributed by atoms with Gasteiger partial charge in [-0.05, 0) is 67.9 Å². The minimum Gasteiger partial charge on any atom is -0.478 e. The first-order chi connectivity index (χ1) is 10.7. The maximum Gasteiger partial charge on any atom is 0.335 e. The molecule has 4 rings (SSSR count). The summed E-state index contributed by atoms with van der Waals surface area (Å²) < 4.78 is 0. The second-order valence-electron chi connectivity index (χ2n) is 6.43. The lowest BCUT2D eigenvalue weighted by Crippen LogP contribution is -2.30. The van der Waals surface area contributed by atoms with Crippen molar-refractivity contribution in [2.75, 3.05) is 18.0 Å². The Labute approximate surface area is 129 Å². The van der Waals surface area contributed by atoms with Gasteiger partial charge >= 0.3 is 5.97 Å². The van der Waals surface area contributed by atoms with Crippen LogP contribution in [0.15, 0.2) is 24.3 Å². The van der Waals surface area contributed by atoms with Gasteiger partial charge in [-0.3, -0.25) is 0 Å². The topological polar surface area (TPSA) is 53.4 Å². The molecule has 114 valence electrons. The molecule has 4 heteroatoms. The molecule has 1 saturated carbocycles. The smallest absolute Gasteiger partial charge is 0.335 e. The predicted molar refractivity (Wildman–Crippen MR) is 86.7 cm³/mol. The van der Waals surface area contributed by atoms with Gasteiger partial charge in [0.25, 0.3) is 0 Å². The highest BCUT2D eigenvalue weighted by atomic mass is 16.4. The lowest BCUT2D eigenvalue weighted by molar-refractivity contribution is 0.0697. The van der Waals surface area contributed by atoms with E-state index < -0.39 is 5.97 Å². The molecule has 1 N–H and O–H groups in total. The van der Waals surface area contributed by atoms with Crippen molar-refractivity contribution < 1.29 is 9.90 Å². The third-order valence-corrected chi connectivity index (χ3v) is 4.75. The van der Waals surface area contributed by atoms with Gasteiger partial charge in [0, 0.05) is 18.5 Å². The number of aromatic nitrogens is 1. The zero-order chi connectivity index (χ0) is 15.1. The highest BCUT2D eigenvalue weighted by molar-refractivity contribution is 5.95. The number of hydrogen-bond donors (Lipinski definition) is 1. The van der Waals surface area contributed by atoms with E-state index in [9.17, 15) is 9.90 Å². The quantitative estimate of drug-likeness (QED) is 0.936. The van der Waals surface area contributed by atoms with Crippen LogP contribution in [0.5, 0.6) is 0 Å². The second-order valence-corrected chi connectivity index (χ2v) is 6.43. The van der Waals surface area contributed by atoms with E-state index in [1.165, 1.54) is 19.3 Å². The fourth-order valence-corrected chi connectivity index (χ4v) is 3.38. The lowest BCUT2D eigenvalue weighted by Gasteiger charge is -2.28. The molecular weight excluding hydrogens is 276 g/mol. The summed E-state index contributed by atoms with van der Waals surface area (Å²) >= 11 is 0. The number of benzene rings is 1. The van der Waals surface area contributed by atoms with Crippen LogP contribution < -0.4 is 4.90 Å². The van der Waals surface area contributed by atoms with Crippen LogP contribution in [-0.4, -0.2) is 29.1 Å². The van der Waals surface area contributed by atoms with Gasteiger partial charge in [-0.25, -0.2) is 9.78 Å². The Morgan fingerprint density at radius 2 is 1.91 bits per heavy atom. The molecule has 1 aliphatic heterocycles. The molecule has 0 spiro atoms. The molecule has 1 saturated heterocycles. The SMILES string of the molecule is O=C(O)c1cc(C2CC2)c2nc(N3CCCCC3)ccc2c1. The zero-order valence-electron chi connectivity index (χ0n) is 12.6. The van der Waals surface area contributed by atoms with E-state index in [0.717, 1.165) is 48.2 Å². The molecule has 2 heterocycles. The summed E-state index contributed by atoms with van der Waals surface area (Å²) in [5.74, 6) is 0.673. The minimum atomic E-state index is -0.857. The summed E-state index contributed by atoms with van der Waals surface area (Å²) in [5, 5.41) is 10.2. The van der Waals surface area contributed by atoms with Crippen LogP contribution in [0.2, 0.25) is 0 Å². The predicted octanol–water partition coefficient (Wildman–Crippen LogP) is 3.80. The monoisotopic (exact) mass is 296 g/mol. The normalized spacial score (nSPS) is 18.6. The third kappa shape index (κ3) is 2.43. The third-order valence-electron chi connectivity index (χ3n) is 4.75. The average molecular weight is 296 g/mol. The molecule has 1 aliphatic carbocycles. The number of nitrogens with zero attached hydrogens (tertiary/aromatic N) is 2. The van der Waals surface area contributed by atoms with E-state index in [0.29, 0.717) is 11.5 Å². The lowest BCUT2D eigenvalue weighted by atomic mass is 10.0. The van der Waals surface area contributed by atoms with Crippen LogP contribution in [0, 0.1) is 0 Å². The fourth-order valence-electron chi connectivity index (χ4n) is 3.38. The summed E-state index contributed by atoms with van der Waals surface area (Å²) in [7, 11) is 0. The van der Waals surface area contributed by atoms with E-state index in [2.05, 4.69) is 4.90 Å². The summed E-state index contributed by atoms with van der Waals surface area (Å²) in [6.45, 7) is 2.15. The summed E-state index contributed by atoms with van der Waals surface area (Å²) in [6, 6.07) is 7.65. The molecule has 0 radical (unpaired) electrons. The number of carbonyl (C=O) groups is 1. The number of rotatable bonds is 3. The van der Waals surface area contributed by atoms with Gasteiger partial charge in [-0.2, -0.15) is 0 Å². The first-order valence-corrected chi connectivity index (χ1v) is 8.15. The molecule has 0 bridgehead atoms. The standard InChI is InChI=1S/C18H20N2O2/c21-18(22)14-10-13-6-7-16(20-8-2-1-3-9-20)19-17(13)15(11-14)12-4-5-12/h6-7,10-12H,1-5,8-9H2,(H,21,22). The maximum atomic E-state index is 11.3. The number of piperidine rings is 1. The van der Waals surface area contributed by atoms with Gasteiger partial charge in [-0.15, -0.1) is 0 Å². The number of pyridine rings is 1. The van der Waals surface area contributed by atoms with Gasteiger partial charge in [-0.1, -0.05) is 0 Å². The van der Waals surface area contributed by atoms with Gasteiger partial charge in [0.05, 0.1) is 11.1 Å². The molecule has 1 aromatic heterocycles. The summed E-state index contributed by atoms with van der Waals surface area (Å²) in [4.78, 5) is 18.6. The van der Waals surface area contributed by atoms with Gasteiger partial charge in [0.15, 0.2) is 0 Å². The highest BCUT2D eigenvalue weighted by Crippen LogP contribution is 2.43. The molecule has 0 amide bonds. The molecule has 2 aliphatic rings. The minimum absolute atomic E-state index is 0.377. The Kier molecular flexibility index (Phi) is 3.25.